The number of alkyl carbamates (subject to hydrolysis) is 1. The smallest absolute Gasteiger partial charge is 0.407 e. The molecule has 0 radical (unpaired) electrons. The Morgan fingerprint density at radius 3 is 2.24 bits per heavy atom. The van der Waals surface area contributed by atoms with E-state index < -0.39 is 12.1 Å². The Labute approximate surface area is 128 Å². The highest BCUT2D eigenvalue weighted by Gasteiger charge is 2.23. The van der Waals surface area contributed by atoms with Crippen LogP contribution in [-0.4, -0.2) is 31.3 Å². The van der Waals surface area contributed by atoms with Crippen LogP contribution in [0.15, 0.2) is 0 Å². The fraction of sp³-hybridized carbons (Fsp3) is 0.875. The summed E-state index contributed by atoms with van der Waals surface area (Å²) < 4.78 is 10.3. The minimum absolute atomic E-state index is 0.0990. The molecule has 0 fully saturated rings. The number of carbonyl (C=O) groups excluding carboxylic acids is 2. The van der Waals surface area contributed by atoms with Crippen molar-refractivity contribution in [1.82, 2.24) is 5.32 Å². The van der Waals surface area contributed by atoms with Crippen LogP contribution in [0.25, 0.3) is 0 Å². The molecule has 0 heterocycles. The molecule has 0 aliphatic carbocycles. The first kappa shape index (κ1) is 19.7. The maximum atomic E-state index is 11.9. The number of rotatable bonds is 9. The molecule has 1 atom stereocenters. The van der Waals surface area contributed by atoms with E-state index in [0.717, 1.165) is 25.7 Å². The van der Waals surface area contributed by atoms with Crippen molar-refractivity contribution in [3.8, 4) is 0 Å². The summed E-state index contributed by atoms with van der Waals surface area (Å²) in [7, 11) is 0. The third kappa shape index (κ3) is 11.1. The Morgan fingerprint density at radius 2 is 1.71 bits per heavy atom. The lowest BCUT2D eigenvalue weighted by molar-refractivity contribution is -0.146. The van der Waals surface area contributed by atoms with Crippen LogP contribution in [0, 0.1) is 5.41 Å². The monoisotopic (exact) mass is 301 g/mol. The van der Waals surface area contributed by atoms with Crippen LogP contribution in [-0.2, 0) is 14.3 Å². The van der Waals surface area contributed by atoms with Crippen molar-refractivity contribution in [2.45, 2.75) is 72.8 Å². The SMILES string of the molecule is CCCCCOC(=O)C(CCC)NC(=O)OCC(C)(C)C. The molecule has 1 amide bonds. The maximum absolute atomic E-state index is 11.9. The average molecular weight is 301 g/mol. The van der Waals surface area contributed by atoms with Gasteiger partial charge in [-0.1, -0.05) is 53.9 Å². The normalized spacial score (nSPS) is 12.6. The Hall–Kier alpha value is -1.26. The van der Waals surface area contributed by atoms with Crippen molar-refractivity contribution in [3.05, 3.63) is 0 Å². The fourth-order valence-corrected chi connectivity index (χ4v) is 1.63. The molecule has 0 saturated heterocycles. The van der Waals surface area contributed by atoms with Crippen molar-refractivity contribution in [2.24, 2.45) is 5.41 Å². The molecule has 0 bridgehead atoms. The van der Waals surface area contributed by atoms with Crippen molar-refractivity contribution < 1.29 is 19.1 Å². The van der Waals surface area contributed by atoms with E-state index in [1.165, 1.54) is 0 Å². The molecule has 5 nitrogen and oxygen atoms in total. The van der Waals surface area contributed by atoms with Gasteiger partial charge < -0.3 is 14.8 Å². The van der Waals surface area contributed by atoms with E-state index in [0.29, 0.717) is 19.6 Å². The van der Waals surface area contributed by atoms with Gasteiger partial charge in [0.15, 0.2) is 0 Å². The number of amides is 1. The number of esters is 1. The van der Waals surface area contributed by atoms with Gasteiger partial charge in [0, 0.05) is 0 Å². The van der Waals surface area contributed by atoms with Crippen LogP contribution >= 0.6 is 0 Å². The van der Waals surface area contributed by atoms with Crippen molar-refractivity contribution in [1.29, 1.82) is 0 Å². The molecular formula is C16H31NO4. The van der Waals surface area contributed by atoms with E-state index in [9.17, 15) is 9.59 Å². The van der Waals surface area contributed by atoms with E-state index in [1.54, 1.807) is 0 Å². The van der Waals surface area contributed by atoms with Crippen molar-refractivity contribution >= 4 is 12.1 Å². The van der Waals surface area contributed by atoms with Gasteiger partial charge in [0.25, 0.3) is 0 Å². The maximum Gasteiger partial charge on any atom is 0.407 e. The zero-order valence-electron chi connectivity index (χ0n) is 14.2. The minimum atomic E-state index is -0.621. The molecule has 0 spiro atoms. The molecule has 1 unspecified atom stereocenters. The van der Waals surface area contributed by atoms with Crippen molar-refractivity contribution in [3.63, 3.8) is 0 Å². The Morgan fingerprint density at radius 1 is 1.05 bits per heavy atom. The topological polar surface area (TPSA) is 64.6 Å². The van der Waals surface area contributed by atoms with Crippen LogP contribution < -0.4 is 5.32 Å². The second-order valence-corrected chi connectivity index (χ2v) is 6.50. The standard InChI is InChI=1S/C16H31NO4/c1-6-8-9-11-20-14(18)13(10-7-2)17-15(19)21-12-16(3,4)5/h13H,6-12H2,1-5H3,(H,17,19). The third-order valence-electron chi connectivity index (χ3n) is 2.78. The summed E-state index contributed by atoms with van der Waals surface area (Å²) in [4.78, 5) is 23.7. The van der Waals surface area contributed by atoms with Crippen LogP contribution in [0.2, 0.25) is 0 Å². The summed E-state index contributed by atoms with van der Waals surface area (Å²) in [5.41, 5.74) is -0.0990. The molecule has 5 heteroatoms. The summed E-state index contributed by atoms with van der Waals surface area (Å²) >= 11 is 0. The lowest BCUT2D eigenvalue weighted by atomic mass is 9.99. The minimum Gasteiger partial charge on any atom is -0.464 e. The van der Waals surface area contributed by atoms with Gasteiger partial charge in [-0.3, -0.25) is 0 Å². The summed E-state index contributed by atoms with van der Waals surface area (Å²) in [5, 5.41) is 2.60. The number of ether oxygens (including phenoxy) is 2. The third-order valence-corrected chi connectivity index (χ3v) is 2.78. The molecule has 0 aliphatic rings. The van der Waals surface area contributed by atoms with Crippen LogP contribution in [0.4, 0.5) is 4.79 Å². The van der Waals surface area contributed by atoms with Crippen molar-refractivity contribution in [2.75, 3.05) is 13.2 Å². The number of hydrogen-bond acceptors (Lipinski definition) is 4. The number of unbranched alkanes of at least 4 members (excludes halogenated alkanes) is 2. The van der Waals surface area contributed by atoms with E-state index in [-0.39, 0.29) is 11.4 Å². The van der Waals surface area contributed by atoms with E-state index in [1.807, 2.05) is 27.7 Å². The number of nitrogens with one attached hydrogen (secondary N) is 1. The predicted molar refractivity (Wildman–Crippen MR) is 83.1 cm³/mol. The largest absolute Gasteiger partial charge is 0.464 e. The molecule has 0 aliphatic heterocycles. The first-order valence-electron chi connectivity index (χ1n) is 7.90. The second kappa shape index (κ2) is 10.5. The number of hydrogen-bond donors (Lipinski definition) is 1. The summed E-state index contributed by atoms with van der Waals surface area (Å²) in [6.45, 7) is 10.7. The first-order valence-corrected chi connectivity index (χ1v) is 7.90. The average Bonchev–Trinajstić information content (AvgIpc) is 2.40. The highest BCUT2D eigenvalue weighted by Crippen LogP contribution is 2.13. The molecule has 0 saturated carbocycles. The van der Waals surface area contributed by atoms with Gasteiger partial charge >= 0.3 is 12.1 Å². The van der Waals surface area contributed by atoms with E-state index >= 15 is 0 Å². The fourth-order valence-electron chi connectivity index (χ4n) is 1.63. The van der Waals surface area contributed by atoms with Crippen LogP contribution in [0.5, 0.6) is 0 Å². The van der Waals surface area contributed by atoms with Gasteiger partial charge in [0.2, 0.25) is 0 Å². The second-order valence-electron chi connectivity index (χ2n) is 6.50. The van der Waals surface area contributed by atoms with Crippen LogP contribution in [0.3, 0.4) is 0 Å². The molecule has 0 aromatic rings. The van der Waals surface area contributed by atoms with E-state index in [2.05, 4.69) is 12.2 Å². The molecule has 1 N–H and O–H groups in total. The van der Waals surface area contributed by atoms with Gasteiger partial charge in [0.05, 0.1) is 13.2 Å². The Kier molecular flexibility index (Phi) is 9.84. The summed E-state index contributed by atoms with van der Waals surface area (Å²) in [6, 6.07) is -0.621. The zero-order valence-corrected chi connectivity index (χ0v) is 14.2. The molecule has 0 aromatic carbocycles. The molecule has 0 rings (SSSR count). The summed E-state index contributed by atoms with van der Waals surface area (Å²) in [5.74, 6) is -0.374. The van der Waals surface area contributed by atoms with Gasteiger partial charge in [0.1, 0.15) is 6.04 Å². The molecule has 124 valence electrons. The highest BCUT2D eigenvalue weighted by molar-refractivity contribution is 5.81. The lowest BCUT2D eigenvalue weighted by Crippen LogP contribution is -2.42. The van der Waals surface area contributed by atoms with Gasteiger partial charge in [-0.2, -0.15) is 0 Å². The van der Waals surface area contributed by atoms with Gasteiger partial charge in [-0.25, -0.2) is 9.59 Å². The van der Waals surface area contributed by atoms with Crippen LogP contribution in [0.1, 0.15) is 66.7 Å². The quantitative estimate of drug-likeness (QED) is 0.521. The first-order chi connectivity index (χ1) is 9.80. The Bertz CT molecular complexity index is 310. The highest BCUT2D eigenvalue weighted by atomic mass is 16.6. The number of carbonyl (C=O) groups is 2. The molecule has 0 aromatic heterocycles. The summed E-state index contributed by atoms with van der Waals surface area (Å²) in [6.07, 6.45) is 3.75. The zero-order chi connectivity index (χ0) is 16.3. The Balaban J connectivity index is 4.21. The van der Waals surface area contributed by atoms with Gasteiger partial charge in [-0.15, -0.1) is 0 Å². The van der Waals surface area contributed by atoms with E-state index in [4.69, 9.17) is 9.47 Å². The molecular weight excluding hydrogens is 270 g/mol. The molecule has 21 heavy (non-hydrogen) atoms. The lowest BCUT2D eigenvalue weighted by Gasteiger charge is -2.20. The van der Waals surface area contributed by atoms with Gasteiger partial charge in [-0.05, 0) is 18.3 Å². The predicted octanol–water partition coefficient (Wildman–Crippen LogP) is 3.66.